The molecule has 0 spiro atoms. The summed E-state index contributed by atoms with van der Waals surface area (Å²) in [6, 6.07) is 0.955. The van der Waals surface area contributed by atoms with Gasteiger partial charge in [-0.3, -0.25) is 10.1 Å². The SMILES string of the molecule is CNC(=O)NC(=O)COc1cc(C(C)C)sc1C(=O)O. The average molecular weight is 300 g/mol. The number of carbonyl (C=O) groups is 3. The zero-order chi connectivity index (χ0) is 15.3. The van der Waals surface area contributed by atoms with Crippen LogP contribution in [0, 0.1) is 0 Å². The van der Waals surface area contributed by atoms with Crippen LogP contribution < -0.4 is 15.4 Å². The zero-order valence-corrected chi connectivity index (χ0v) is 12.2. The molecule has 0 fully saturated rings. The second kappa shape index (κ2) is 6.90. The average Bonchev–Trinajstić information content (AvgIpc) is 2.80. The maximum Gasteiger partial charge on any atom is 0.349 e. The minimum Gasteiger partial charge on any atom is -0.482 e. The van der Waals surface area contributed by atoms with Crippen LogP contribution in [-0.4, -0.2) is 36.7 Å². The van der Waals surface area contributed by atoms with Crippen LogP contribution in [0.15, 0.2) is 6.07 Å². The molecule has 110 valence electrons. The van der Waals surface area contributed by atoms with Crippen molar-refractivity contribution in [1.29, 1.82) is 0 Å². The minimum atomic E-state index is -1.11. The molecule has 1 aromatic heterocycles. The summed E-state index contributed by atoms with van der Waals surface area (Å²) in [4.78, 5) is 34.3. The topological polar surface area (TPSA) is 105 Å². The van der Waals surface area contributed by atoms with Crippen molar-refractivity contribution in [1.82, 2.24) is 10.6 Å². The molecule has 3 N–H and O–H groups in total. The van der Waals surface area contributed by atoms with Gasteiger partial charge in [0.15, 0.2) is 11.5 Å². The molecule has 8 heteroatoms. The third-order valence-corrected chi connectivity index (χ3v) is 3.72. The number of carboxylic acid groups (broad SMARTS) is 1. The second-order valence-electron chi connectivity index (χ2n) is 4.22. The monoisotopic (exact) mass is 300 g/mol. The van der Waals surface area contributed by atoms with Crippen molar-refractivity contribution < 1.29 is 24.2 Å². The van der Waals surface area contributed by atoms with Gasteiger partial charge in [-0.15, -0.1) is 11.3 Å². The fourth-order valence-corrected chi connectivity index (χ4v) is 2.24. The first-order valence-electron chi connectivity index (χ1n) is 5.86. The van der Waals surface area contributed by atoms with E-state index in [0.717, 1.165) is 16.2 Å². The molecule has 1 aromatic rings. The Morgan fingerprint density at radius 2 is 2.05 bits per heavy atom. The first-order chi connectivity index (χ1) is 9.35. The summed E-state index contributed by atoms with van der Waals surface area (Å²) >= 11 is 1.11. The van der Waals surface area contributed by atoms with Crippen LogP contribution in [0.3, 0.4) is 0 Å². The largest absolute Gasteiger partial charge is 0.482 e. The molecule has 0 saturated carbocycles. The number of aromatic carboxylic acids is 1. The van der Waals surface area contributed by atoms with Gasteiger partial charge in [-0.1, -0.05) is 13.8 Å². The molecular weight excluding hydrogens is 284 g/mol. The molecule has 3 amide bonds. The Hall–Kier alpha value is -2.09. The van der Waals surface area contributed by atoms with E-state index >= 15 is 0 Å². The van der Waals surface area contributed by atoms with Crippen molar-refractivity contribution in [3.63, 3.8) is 0 Å². The predicted molar refractivity (Wildman–Crippen MR) is 73.5 cm³/mol. The van der Waals surface area contributed by atoms with Crippen LogP contribution in [0.1, 0.15) is 34.3 Å². The van der Waals surface area contributed by atoms with Gasteiger partial charge in [0.25, 0.3) is 5.91 Å². The fraction of sp³-hybridized carbons (Fsp3) is 0.417. The third-order valence-electron chi connectivity index (χ3n) is 2.32. The smallest absolute Gasteiger partial charge is 0.349 e. The van der Waals surface area contributed by atoms with Crippen molar-refractivity contribution in [2.75, 3.05) is 13.7 Å². The number of hydrogen-bond donors (Lipinski definition) is 3. The summed E-state index contributed by atoms with van der Waals surface area (Å²) in [7, 11) is 1.37. The number of carboxylic acids is 1. The number of carbonyl (C=O) groups excluding carboxylic acids is 2. The lowest BCUT2D eigenvalue weighted by atomic mass is 10.2. The molecule has 0 bridgehead atoms. The number of rotatable bonds is 5. The summed E-state index contributed by atoms with van der Waals surface area (Å²) in [6.07, 6.45) is 0. The van der Waals surface area contributed by atoms with E-state index in [1.165, 1.54) is 7.05 Å². The Morgan fingerprint density at radius 3 is 2.55 bits per heavy atom. The highest BCUT2D eigenvalue weighted by Gasteiger charge is 2.19. The normalized spacial score (nSPS) is 10.2. The number of urea groups is 1. The van der Waals surface area contributed by atoms with E-state index < -0.39 is 24.5 Å². The molecule has 7 nitrogen and oxygen atoms in total. The number of imide groups is 1. The fourth-order valence-electron chi connectivity index (χ4n) is 1.30. The van der Waals surface area contributed by atoms with E-state index in [2.05, 4.69) is 5.32 Å². The molecule has 0 atom stereocenters. The summed E-state index contributed by atoms with van der Waals surface area (Å²) in [6.45, 7) is 3.43. The van der Waals surface area contributed by atoms with Crippen molar-refractivity contribution >= 4 is 29.2 Å². The lowest BCUT2D eigenvalue weighted by molar-refractivity contribution is -0.122. The van der Waals surface area contributed by atoms with E-state index in [4.69, 9.17) is 9.84 Å². The van der Waals surface area contributed by atoms with Gasteiger partial charge in [0.2, 0.25) is 0 Å². The van der Waals surface area contributed by atoms with Crippen LogP contribution >= 0.6 is 11.3 Å². The molecule has 0 aliphatic carbocycles. The highest BCUT2D eigenvalue weighted by molar-refractivity contribution is 7.14. The molecule has 0 saturated heterocycles. The number of ether oxygens (including phenoxy) is 1. The summed E-state index contributed by atoms with van der Waals surface area (Å²) < 4.78 is 5.17. The lowest BCUT2D eigenvalue weighted by Gasteiger charge is -2.05. The molecule has 1 heterocycles. The first kappa shape index (κ1) is 16.0. The first-order valence-corrected chi connectivity index (χ1v) is 6.68. The molecular formula is C12H16N2O5S. The number of nitrogens with one attached hydrogen (secondary N) is 2. The van der Waals surface area contributed by atoms with E-state index in [-0.39, 0.29) is 16.5 Å². The van der Waals surface area contributed by atoms with E-state index in [9.17, 15) is 14.4 Å². The molecule has 20 heavy (non-hydrogen) atoms. The van der Waals surface area contributed by atoms with E-state index in [1.54, 1.807) is 6.07 Å². The molecule has 0 aromatic carbocycles. The van der Waals surface area contributed by atoms with Gasteiger partial charge in [-0.2, -0.15) is 0 Å². The zero-order valence-electron chi connectivity index (χ0n) is 11.4. The highest BCUT2D eigenvalue weighted by Crippen LogP contribution is 2.33. The Balaban J connectivity index is 2.74. The van der Waals surface area contributed by atoms with Crippen LogP contribution in [-0.2, 0) is 4.79 Å². The molecule has 0 aliphatic heterocycles. The summed E-state index contributed by atoms with van der Waals surface area (Å²) in [5.74, 6) is -1.46. The Kier molecular flexibility index (Phi) is 5.51. The molecule has 0 unspecified atom stereocenters. The van der Waals surface area contributed by atoms with Gasteiger partial charge in [0, 0.05) is 11.9 Å². The van der Waals surface area contributed by atoms with Crippen molar-refractivity contribution in [3.8, 4) is 5.75 Å². The highest BCUT2D eigenvalue weighted by atomic mass is 32.1. The Morgan fingerprint density at radius 1 is 1.40 bits per heavy atom. The van der Waals surface area contributed by atoms with Gasteiger partial charge in [-0.05, 0) is 12.0 Å². The van der Waals surface area contributed by atoms with Gasteiger partial charge in [0.05, 0.1) is 0 Å². The van der Waals surface area contributed by atoms with Crippen LogP contribution in [0.4, 0.5) is 4.79 Å². The maximum atomic E-state index is 11.4. The predicted octanol–water partition coefficient (Wildman–Crippen LogP) is 1.40. The third kappa shape index (κ3) is 4.23. The number of thiophene rings is 1. The maximum absolute atomic E-state index is 11.4. The van der Waals surface area contributed by atoms with Crippen LogP contribution in [0.2, 0.25) is 0 Å². The van der Waals surface area contributed by atoms with E-state index in [1.807, 2.05) is 19.2 Å². The number of hydrogen-bond acceptors (Lipinski definition) is 5. The van der Waals surface area contributed by atoms with Crippen molar-refractivity contribution in [3.05, 3.63) is 15.8 Å². The Bertz CT molecular complexity index is 524. The molecule has 0 radical (unpaired) electrons. The van der Waals surface area contributed by atoms with Gasteiger partial charge in [0.1, 0.15) is 5.75 Å². The number of amides is 3. The van der Waals surface area contributed by atoms with Gasteiger partial charge in [-0.25, -0.2) is 9.59 Å². The molecule has 0 aliphatic rings. The van der Waals surface area contributed by atoms with E-state index in [0.29, 0.717) is 0 Å². The van der Waals surface area contributed by atoms with Gasteiger partial charge >= 0.3 is 12.0 Å². The quantitative estimate of drug-likeness (QED) is 0.762. The molecule has 1 rings (SSSR count). The standard InChI is InChI=1S/C12H16N2O5S/c1-6(2)8-4-7(10(20-8)11(16)17)19-5-9(15)14-12(18)13-3/h4,6H,5H2,1-3H3,(H,16,17)(H2,13,14,15,18). The van der Waals surface area contributed by atoms with Crippen molar-refractivity contribution in [2.45, 2.75) is 19.8 Å². The van der Waals surface area contributed by atoms with Crippen LogP contribution in [0.25, 0.3) is 0 Å². The Labute approximate surface area is 119 Å². The summed E-state index contributed by atoms with van der Waals surface area (Å²) in [5, 5.41) is 13.3. The van der Waals surface area contributed by atoms with Gasteiger partial charge < -0.3 is 15.2 Å². The second-order valence-corrected chi connectivity index (χ2v) is 5.30. The minimum absolute atomic E-state index is 0.0430. The van der Waals surface area contributed by atoms with Crippen LogP contribution in [0.5, 0.6) is 5.75 Å². The lowest BCUT2D eigenvalue weighted by Crippen LogP contribution is -2.40. The van der Waals surface area contributed by atoms with Crippen molar-refractivity contribution in [2.24, 2.45) is 0 Å². The summed E-state index contributed by atoms with van der Waals surface area (Å²) in [5.41, 5.74) is 0.